The zero-order valence-corrected chi connectivity index (χ0v) is 19.4. The molecule has 2 nitrogen and oxygen atoms in total. The Kier molecular flexibility index (Phi) is 5.16. The molecule has 5 heteroatoms. The average molecular weight is 443 g/mol. The highest BCUT2D eigenvalue weighted by Gasteiger charge is 2.63. The van der Waals surface area contributed by atoms with Gasteiger partial charge in [0.05, 0.1) is 5.60 Å². The van der Waals surface area contributed by atoms with Crippen molar-refractivity contribution in [2.45, 2.75) is 109 Å². The van der Waals surface area contributed by atoms with Gasteiger partial charge in [-0.05, 0) is 123 Å². The van der Waals surface area contributed by atoms with Crippen molar-refractivity contribution in [1.29, 1.82) is 0 Å². The Hall–Kier alpha value is -0.290. The molecule has 0 amide bonds. The van der Waals surface area contributed by atoms with E-state index in [9.17, 15) is 23.4 Å². The molecule has 178 valence electrons. The van der Waals surface area contributed by atoms with Gasteiger partial charge in [0.2, 0.25) is 0 Å². The van der Waals surface area contributed by atoms with E-state index in [1.165, 1.54) is 25.7 Å². The molecule has 0 saturated heterocycles. The van der Waals surface area contributed by atoms with Crippen LogP contribution in [-0.4, -0.2) is 28.1 Å². The first-order valence-electron chi connectivity index (χ1n) is 12.9. The van der Waals surface area contributed by atoms with E-state index in [0.29, 0.717) is 29.6 Å². The second kappa shape index (κ2) is 7.10. The molecule has 0 radical (unpaired) electrons. The molecule has 0 aromatic carbocycles. The maximum Gasteiger partial charge on any atom is 0.414 e. The fourth-order valence-electron chi connectivity index (χ4n) is 9.69. The summed E-state index contributed by atoms with van der Waals surface area (Å²) in [5.74, 6) is 2.08. The maximum atomic E-state index is 13.3. The highest BCUT2D eigenvalue weighted by atomic mass is 19.4. The Bertz CT molecular complexity index is 705. The number of aliphatic hydroxyl groups excluding tert-OH is 1. The number of hydrogen-bond acceptors (Lipinski definition) is 2. The van der Waals surface area contributed by atoms with Gasteiger partial charge < -0.3 is 10.2 Å². The number of alkyl halides is 3. The van der Waals surface area contributed by atoms with E-state index in [1.807, 2.05) is 0 Å². The van der Waals surface area contributed by atoms with Crippen molar-refractivity contribution in [1.82, 2.24) is 0 Å². The quantitative estimate of drug-likeness (QED) is 0.535. The number of aliphatic hydroxyl groups is 2. The van der Waals surface area contributed by atoms with Crippen LogP contribution >= 0.6 is 0 Å². The smallest absolute Gasteiger partial charge is 0.390 e. The Morgan fingerprint density at radius 1 is 0.806 bits per heavy atom. The molecular formula is C26H41F3O2. The molecule has 0 bridgehead atoms. The number of halogens is 3. The highest BCUT2D eigenvalue weighted by Crippen LogP contribution is 2.69. The lowest BCUT2D eigenvalue weighted by Crippen LogP contribution is -2.56. The summed E-state index contributed by atoms with van der Waals surface area (Å²) < 4.78 is 39.8. The largest absolute Gasteiger partial charge is 0.414 e. The van der Waals surface area contributed by atoms with Crippen LogP contribution in [0.4, 0.5) is 13.2 Å². The molecule has 5 aliphatic carbocycles. The number of hydrogen-bond donors (Lipinski definition) is 2. The molecule has 0 heterocycles. The minimum Gasteiger partial charge on any atom is -0.390 e. The van der Waals surface area contributed by atoms with Crippen molar-refractivity contribution in [3.05, 3.63) is 0 Å². The van der Waals surface area contributed by atoms with Gasteiger partial charge >= 0.3 is 6.18 Å². The van der Waals surface area contributed by atoms with Gasteiger partial charge in [0.15, 0.2) is 6.10 Å². The first-order valence-corrected chi connectivity index (χ1v) is 12.9. The van der Waals surface area contributed by atoms with Crippen molar-refractivity contribution in [2.24, 2.45) is 52.3 Å². The number of rotatable bonds is 3. The van der Waals surface area contributed by atoms with Crippen LogP contribution in [0.1, 0.15) is 91.4 Å². The monoisotopic (exact) mass is 442 g/mol. The lowest BCUT2D eigenvalue weighted by atomic mass is 9.43. The van der Waals surface area contributed by atoms with Crippen molar-refractivity contribution in [3.63, 3.8) is 0 Å². The van der Waals surface area contributed by atoms with Crippen LogP contribution in [0, 0.1) is 52.3 Å². The molecule has 5 fully saturated rings. The molecule has 0 spiro atoms. The Morgan fingerprint density at radius 3 is 2.10 bits per heavy atom. The third-order valence-electron chi connectivity index (χ3n) is 11.6. The van der Waals surface area contributed by atoms with Crippen LogP contribution in [0.5, 0.6) is 0 Å². The first-order chi connectivity index (χ1) is 14.4. The Labute approximate surface area is 185 Å². The second-order valence-corrected chi connectivity index (χ2v) is 12.8. The molecule has 31 heavy (non-hydrogen) atoms. The lowest BCUT2D eigenvalue weighted by Gasteiger charge is -2.62. The molecule has 0 aromatic heterocycles. The van der Waals surface area contributed by atoms with Crippen LogP contribution in [-0.2, 0) is 0 Å². The molecule has 5 saturated carbocycles. The number of fused-ring (bicyclic) bond motifs is 5. The maximum absolute atomic E-state index is 13.3. The van der Waals surface area contributed by atoms with Gasteiger partial charge in [0.25, 0.3) is 0 Å². The lowest BCUT2D eigenvalue weighted by molar-refractivity contribution is -0.228. The van der Waals surface area contributed by atoms with E-state index in [4.69, 9.17) is 0 Å². The van der Waals surface area contributed by atoms with Gasteiger partial charge in [-0.3, -0.25) is 0 Å². The fourth-order valence-corrected chi connectivity index (χ4v) is 9.69. The summed E-state index contributed by atoms with van der Waals surface area (Å²) >= 11 is 0. The normalized spacial score (nSPS) is 52.1. The van der Waals surface area contributed by atoms with E-state index in [0.717, 1.165) is 44.9 Å². The molecule has 2 N–H and O–H groups in total. The summed E-state index contributed by atoms with van der Waals surface area (Å²) in [5, 5.41) is 21.2. The minimum absolute atomic E-state index is 0.0491. The SMILES string of the molecule is C[C@@H]([C@H]1CC[C@H]2[C@@H]3CC[C@@H]4C[C@@](O)(C5CC5)CC[C@]4(C)[C@H]3CC[C@]12C)[C@H](O)C(F)(F)F. The van der Waals surface area contributed by atoms with Gasteiger partial charge in [0, 0.05) is 0 Å². The molecule has 10 atom stereocenters. The van der Waals surface area contributed by atoms with Gasteiger partial charge in [-0.2, -0.15) is 13.2 Å². The van der Waals surface area contributed by atoms with Gasteiger partial charge in [-0.25, -0.2) is 0 Å². The van der Waals surface area contributed by atoms with Crippen molar-refractivity contribution >= 4 is 0 Å². The van der Waals surface area contributed by atoms with E-state index < -0.39 is 23.8 Å². The van der Waals surface area contributed by atoms with E-state index in [1.54, 1.807) is 6.92 Å². The summed E-state index contributed by atoms with van der Waals surface area (Å²) in [5.41, 5.74) is -0.234. The van der Waals surface area contributed by atoms with Crippen LogP contribution in [0.2, 0.25) is 0 Å². The van der Waals surface area contributed by atoms with Crippen LogP contribution in [0.25, 0.3) is 0 Å². The van der Waals surface area contributed by atoms with Crippen LogP contribution < -0.4 is 0 Å². The van der Waals surface area contributed by atoms with Gasteiger partial charge in [-0.1, -0.05) is 20.8 Å². The van der Waals surface area contributed by atoms with Crippen molar-refractivity contribution in [3.8, 4) is 0 Å². The van der Waals surface area contributed by atoms with Crippen molar-refractivity contribution in [2.75, 3.05) is 0 Å². The minimum atomic E-state index is -4.53. The third-order valence-corrected chi connectivity index (χ3v) is 11.6. The van der Waals surface area contributed by atoms with E-state index in [-0.39, 0.29) is 16.7 Å². The third kappa shape index (κ3) is 3.33. The zero-order valence-electron chi connectivity index (χ0n) is 19.4. The summed E-state index contributed by atoms with van der Waals surface area (Å²) in [6.07, 6.45) is 4.95. The Balaban J connectivity index is 1.35. The summed E-state index contributed by atoms with van der Waals surface area (Å²) in [6, 6.07) is 0. The molecule has 0 unspecified atom stereocenters. The summed E-state index contributed by atoms with van der Waals surface area (Å²) in [4.78, 5) is 0. The molecule has 0 aliphatic heterocycles. The summed E-state index contributed by atoms with van der Waals surface area (Å²) in [6.45, 7) is 6.35. The topological polar surface area (TPSA) is 40.5 Å². The van der Waals surface area contributed by atoms with Crippen LogP contribution in [0.3, 0.4) is 0 Å². The fraction of sp³-hybridized carbons (Fsp3) is 1.00. The predicted molar refractivity (Wildman–Crippen MR) is 114 cm³/mol. The molecular weight excluding hydrogens is 401 g/mol. The van der Waals surface area contributed by atoms with E-state index in [2.05, 4.69) is 13.8 Å². The van der Waals surface area contributed by atoms with E-state index >= 15 is 0 Å². The van der Waals surface area contributed by atoms with Gasteiger partial charge in [0.1, 0.15) is 0 Å². The predicted octanol–water partition coefficient (Wildman–Crippen LogP) is 6.35. The van der Waals surface area contributed by atoms with Crippen LogP contribution in [0.15, 0.2) is 0 Å². The second-order valence-electron chi connectivity index (χ2n) is 12.8. The molecule has 0 aromatic rings. The summed E-state index contributed by atoms with van der Waals surface area (Å²) in [7, 11) is 0. The standard InChI is InChI=1S/C26H41F3O2/c1-15(22(30)26(27,28)29)19-8-9-20-18-7-6-17-14-25(31,16-4-5-16)13-12-23(17,2)21(18)10-11-24(19,20)3/h15-22,30-31H,4-14H2,1-3H3/t15-,17+,18-,19+,20-,21-,22-,23-,24+,25+/m0/s1. The Morgan fingerprint density at radius 2 is 1.45 bits per heavy atom. The highest BCUT2D eigenvalue weighted by molar-refractivity contribution is 5.12. The average Bonchev–Trinajstić information content (AvgIpc) is 3.49. The zero-order chi connectivity index (χ0) is 22.4. The van der Waals surface area contributed by atoms with Gasteiger partial charge in [-0.15, -0.1) is 0 Å². The molecule has 5 aliphatic rings. The first kappa shape index (κ1) is 22.5. The molecule has 5 rings (SSSR count). The van der Waals surface area contributed by atoms with Crippen molar-refractivity contribution < 1.29 is 23.4 Å².